The van der Waals surface area contributed by atoms with Crippen molar-refractivity contribution >= 4 is 10.8 Å². The van der Waals surface area contributed by atoms with Crippen LogP contribution in [0.4, 0.5) is 4.39 Å². The van der Waals surface area contributed by atoms with Gasteiger partial charge in [0.05, 0.1) is 0 Å². The van der Waals surface area contributed by atoms with Crippen molar-refractivity contribution in [2.24, 2.45) is 5.73 Å². The van der Waals surface area contributed by atoms with Crippen LogP contribution < -0.4 is 5.73 Å². The van der Waals surface area contributed by atoms with Crippen molar-refractivity contribution in [3.63, 3.8) is 0 Å². The van der Waals surface area contributed by atoms with E-state index in [1.807, 2.05) is 0 Å². The van der Waals surface area contributed by atoms with Gasteiger partial charge in [-0.25, -0.2) is 4.39 Å². The number of rotatable bonds is 2. The van der Waals surface area contributed by atoms with E-state index in [2.05, 4.69) is 42.5 Å². The Morgan fingerprint density at radius 3 is 2.42 bits per heavy atom. The van der Waals surface area contributed by atoms with Gasteiger partial charge in [0.15, 0.2) is 0 Å². The molecule has 1 saturated carbocycles. The molecule has 1 fully saturated rings. The van der Waals surface area contributed by atoms with Crippen LogP contribution in [0.1, 0.15) is 31.2 Å². The quantitative estimate of drug-likeness (QED) is 0.866. The Balaban J connectivity index is 2.01. The van der Waals surface area contributed by atoms with E-state index in [1.54, 1.807) is 0 Å². The van der Waals surface area contributed by atoms with Crippen LogP contribution in [0, 0.1) is 0 Å². The third-order valence-corrected chi connectivity index (χ3v) is 4.62. The van der Waals surface area contributed by atoms with Crippen LogP contribution in [-0.4, -0.2) is 12.7 Å². The molecule has 0 amide bonds. The van der Waals surface area contributed by atoms with Gasteiger partial charge < -0.3 is 5.73 Å². The number of halogens is 1. The Bertz CT molecular complexity index is 570. The van der Waals surface area contributed by atoms with Gasteiger partial charge in [0.1, 0.15) is 6.17 Å². The lowest BCUT2D eigenvalue weighted by atomic mass is 9.69. The Morgan fingerprint density at radius 2 is 1.74 bits per heavy atom. The number of alkyl halides is 1. The molecule has 0 aliphatic heterocycles. The molecule has 0 saturated heterocycles. The summed E-state index contributed by atoms with van der Waals surface area (Å²) in [6, 6.07) is 14.9. The average molecular weight is 257 g/mol. The van der Waals surface area contributed by atoms with Crippen molar-refractivity contribution < 1.29 is 4.39 Å². The summed E-state index contributed by atoms with van der Waals surface area (Å²) in [5, 5.41) is 2.49. The first-order chi connectivity index (χ1) is 9.23. The first kappa shape index (κ1) is 12.6. The van der Waals surface area contributed by atoms with Gasteiger partial charge in [-0.15, -0.1) is 0 Å². The third kappa shape index (κ3) is 2.25. The molecule has 0 spiro atoms. The minimum atomic E-state index is -0.639. The molecule has 0 radical (unpaired) electrons. The van der Waals surface area contributed by atoms with Gasteiger partial charge in [-0.05, 0) is 42.0 Å². The summed E-state index contributed by atoms with van der Waals surface area (Å²) in [6.07, 6.45) is 2.38. The molecule has 1 aliphatic carbocycles. The highest BCUT2D eigenvalue weighted by Gasteiger charge is 2.35. The van der Waals surface area contributed by atoms with Gasteiger partial charge >= 0.3 is 0 Å². The third-order valence-electron chi connectivity index (χ3n) is 4.62. The topological polar surface area (TPSA) is 26.0 Å². The molecular formula is C17H20FN. The smallest absolute Gasteiger partial charge is 0.100 e. The molecule has 100 valence electrons. The predicted octanol–water partition coefficient (Wildman–Crippen LogP) is 3.95. The molecule has 3 rings (SSSR count). The van der Waals surface area contributed by atoms with Gasteiger partial charge in [-0.2, -0.15) is 0 Å². The zero-order chi connectivity index (χ0) is 13.3. The molecule has 0 atom stereocenters. The maximum absolute atomic E-state index is 13.4. The van der Waals surface area contributed by atoms with Gasteiger partial charge in [0.2, 0.25) is 0 Å². The molecule has 0 unspecified atom stereocenters. The zero-order valence-corrected chi connectivity index (χ0v) is 11.1. The van der Waals surface area contributed by atoms with E-state index in [4.69, 9.17) is 5.73 Å². The zero-order valence-electron chi connectivity index (χ0n) is 11.1. The molecule has 0 aromatic heterocycles. The second-order valence-corrected chi connectivity index (χ2v) is 5.72. The summed E-state index contributed by atoms with van der Waals surface area (Å²) in [5.41, 5.74) is 7.29. The van der Waals surface area contributed by atoms with Gasteiger partial charge in [-0.3, -0.25) is 0 Å². The fraction of sp³-hybridized carbons (Fsp3) is 0.412. The number of hydrogen-bond donors (Lipinski definition) is 1. The van der Waals surface area contributed by atoms with Crippen LogP contribution in [0.5, 0.6) is 0 Å². The van der Waals surface area contributed by atoms with Crippen molar-refractivity contribution in [2.75, 3.05) is 6.54 Å². The second-order valence-electron chi connectivity index (χ2n) is 5.72. The highest BCUT2D eigenvalue weighted by atomic mass is 19.1. The van der Waals surface area contributed by atoms with Crippen LogP contribution in [0.2, 0.25) is 0 Å². The summed E-state index contributed by atoms with van der Waals surface area (Å²) in [5.74, 6) is 0. The predicted molar refractivity (Wildman–Crippen MR) is 78.0 cm³/mol. The minimum absolute atomic E-state index is 0.0212. The summed E-state index contributed by atoms with van der Waals surface area (Å²) >= 11 is 0. The Labute approximate surface area is 113 Å². The van der Waals surface area contributed by atoms with Crippen LogP contribution in [-0.2, 0) is 5.41 Å². The van der Waals surface area contributed by atoms with E-state index in [1.165, 1.54) is 16.3 Å². The molecule has 1 aliphatic rings. The standard InChI is InChI=1S/C17H20FN/c18-16-7-9-17(12-19,10-8-16)15-6-5-13-3-1-2-4-14(13)11-15/h1-6,11,16H,7-10,12,19H2. The van der Waals surface area contributed by atoms with Crippen molar-refractivity contribution in [3.05, 3.63) is 48.0 Å². The summed E-state index contributed by atoms with van der Waals surface area (Å²) in [7, 11) is 0. The number of nitrogens with two attached hydrogens (primary N) is 1. The molecule has 2 aromatic rings. The molecule has 2 N–H and O–H groups in total. The Morgan fingerprint density at radius 1 is 1.05 bits per heavy atom. The highest BCUT2D eigenvalue weighted by molar-refractivity contribution is 5.83. The van der Waals surface area contributed by atoms with Crippen molar-refractivity contribution in [1.82, 2.24) is 0 Å². The fourth-order valence-corrected chi connectivity index (χ4v) is 3.27. The van der Waals surface area contributed by atoms with Crippen LogP contribution in [0.25, 0.3) is 10.8 Å². The van der Waals surface area contributed by atoms with Gasteiger partial charge in [-0.1, -0.05) is 42.5 Å². The normalized spacial score (nSPS) is 27.6. The molecular weight excluding hydrogens is 237 g/mol. The highest BCUT2D eigenvalue weighted by Crippen LogP contribution is 2.40. The second kappa shape index (κ2) is 4.93. The van der Waals surface area contributed by atoms with Crippen LogP contribution >= 0.6 is 0 Å². The van der Waals surface area contributed by atoms with Gasteiger partial charge in [0.25, 0.3) is 0 Å². The number of benzene rings is 2. The molecule has 2 aromatic carbocycles. The van der Waals surface area contributed by atoms with Crippen molar-refractivity contribution in [3.8, 4) is 0 Å². The molecule has 2 heteroatoms. The molecule has 1 nitrogen and oxygen atoms in total. The lowest BCUT2D eigenvalue weighted by Gasteiger charge is -2.38. The van der Waals surface area contributed by atoms with Crippen LogP contribution in [0.15, 0.2) is 42.5 Å². The van der Waals surface area contributed by atoms with E-state index >= 15 is 0 Å². The lowest BCUT2D eigenvalue weighted by molar-refractivity contribution is 0.184. The van der Waals surface area contributed by atoms with E-state index in [0.717, 1.165) is 12.8 Å². The first-order valence-electron chi connectivity index (χ1n) is 7.07. The SMILES string of the molecule is NCC1(c2ccc3ccccc3c2)CCC(F)CC1. The average Bonchev–Trinajstić information content (AvgIpc) is 2.48. The van der Waals surface area contributed by atoms with Crippen LogP contribution in [0.3, 0.4) is 0 Å². The van der Waals surface area contributed by atoms with Crippen molar-refractivity contribution in [2.45, 2.75) is 37.3 Å². The number of hydrogen-bond acceptors (Lipinski definition) is 1. The van der Waals surface area contributed by atoms with E-state index in [0.29, 0.717) is 19.4 Å². The minimum Gasteiger partial charge on any atom is -0.330 e. The molecule has 19 heavy (non-hydrogen) atoms. The Kier molecular flexibility index (Phi) is 3.28. The monoisotopic (exact) mass is 257 g/mol. The maximum Gasteiger partial charge on any atom is 0.100 e. The summed E-state index contributed by atoms with van der Waals surface area (Å²) in [6.45, 7) is 0.609. The van der Waals surface area contributed by atoms with Crippen molar-refractivity contribution in [1.29, 1.82) is 0 Å². The summed E-state index contributed by atoms with van der Waals surface area (Å²) in [4.78, 5) is 0. The van der Waals surface area contributed by atoms with Gasteiger partial charge in [0, 0.05) is 12.0 Å². The first-order valence-corrected chi connectivity index (χ1v) is 7.07. The number of fused-ring (bicyclic) bond motifs is 1. The van der Waals surface area contributed by atoms with E-state index in [-0.39, 0.29) is 5.41 Å². The summed E-state index contributed by atoms with van der Waals surface area (Å²) < 4.78 is 13.4. The lowest BCUT2D eigenvalue weighted by Crippen LogP contribution is -2.39. The molecule has 0 bridgehead atoms. The largest absolute Gasteiger partial charge is 0.330 e. The van der Waals surface area contributed by atoms with E-state index in [9.17, 15) is 4.39 Å². The van der Waals surface area contributed by atoms with E-state index < -0.39 is 6.17 Å². The fourth-order valence-electron chi connectivity index (χ4n) is 3.27. The maximum atomic E-state index is 13.4. The molecule has 0 heterocycles. The Hall–Kier alpha value is -1.41.